The number of rotatable bonds is 0. The summed E-state index contributed by atoms with van der Waals surface area (Å²) in [6.07, 6.45) is 0.664. The third-order valence-electron chi connectivity index (χ3n) is 6.70. The molecule has 0 fully saturated rings. The van der Waals surface area contributed by atoms with Gasteiger partial charge in [0, 0.05) is 13.1 Å². The highest BCUT2D eigenvalue weighted by Crippen LogP contribution is 2.24. The normalized spacial score (nSPS) is 15.6. The lowest BCUT2D eigenvalue weighted by atomic mass is 10.0. The van der Waals surface area contributed by atoms with Crippen LogP contribution in [0.15, 0.2) is 41.5 Å². The molecular formula is C26H24ClF3N6O2. The molecule has 4 aromatic rings. The van der Waals surface area contributed by atoms with Gasteiger partial charge in [0.2, 0.25) is 0 Å². The minimum atomic E-state index is -4.85. The summed E-state index contributed by atoms with van der Waals surface area (Å²) >= 11 is 5.85. The number of nitrogens with one attached hydrogen (secondary N) is 2. The Bertz CT molecular complexity index is 1570. The van der Waals surface area contributed by atoms with Crippen LogP contribution in [0.1, 0.15) is 22.3 Å². The zero-order valence-corrected chi connectivity index (χ0v) is 21.0. The van der Waals surface area contributed by atoms with Gasteiger partial charge in [-0.15, -0.1) is 0 Å². The molecule has 0 radical (unpaired) electrons. The van der Waals surface area contributed by atoms with Crippen molar-refractivity contribution in [1.82, 2.24) is 30.2 Å². The van der Waals surface area contributed by atoms with E-state index in [9.17, 15) is 22.8 Å². The number of amides is 1. The van der Waals surface area contributed by atoms with Crippen molar-refractivity contribution in [2.45, 2.75) is 31.9 Å². The SMILES string of the molecule is Clc1cnc2cc3c(cc2n1)CCNCC3.O=C(N1CCc2cc3ncc(=O)[nH]c3cc2CC1)C(F)(F)F. The van der Waals surface area contributed by atoms with E-state index < -0.39 is 12.1 Å². The summed E-state index contributed by atoms with van der Waals surface area (Å²) in [5.41, 5.74) is 7.05. The number of aromatic amines is 1. The number of carbonyl (C=O) groups excluding carboxylic acids is 1. The van der Waals surface area contributed by atoms with Crippen LogP contribution in [0.3, 0.4) is 0 Å². The van der Waals surface area contributed by atoms with Crippen molar-refractivity contribution in [3.63, 3.8) is 0 Å². The fourth-order valence-corrected chi connectivity index (χ4v) is 4.95. The number of nitrogens with zero attached hydrogens (tertiary/aromatic N) is 4. The van der Waals surface area contributed by atoms with Gasteiger partial charge in [0.1, 0.15) is 5.15 Å². The number of alkyl halides is 3. The van der Waals surface area contributed by atoms with Crippen LogP contribution in [-0.4, -0.2) is 63.1 Å². The van der Waals surface area contributed by atoms with Gasteiger partial charge in [-0.1, -0.05) is 11.6 Å². The molecule has 38 heavy (non-hydrogen) atoms. The number of carbonyl (C=O) groups is 1. The molecule has 4 heterocycles. The van der Waals surface area contributed by atoms with E-state index in [-0.39, 0.29) is 18.6 Å². The molecule has 2 aromatic carbocycles. The van der Waals surface area contributed by atoms with E-state index in [1.54, 1.807) is 18.3 Å². The maximum atomic E-state index is 12.5. The molecule has 12 heteroatoms. The summed E-state index contributed by atoms with van der Waals surface area (Å²) in [6, 6.07) is 7.74. The lowest BCUT2D eigenvalue weighted by Gasteiger charge is -2.21. The number of hydrogen-bond acceptors (Lipinski definition) is 6. The van der Waals surface area contributed by atoms with Gasteiger partial charge in [-0.25, -0.2) is 9.97 Å². The van der Waals surface area contributed by atoms with E-state index in [1.807, 2.05) is 0 Å². The molecule has 8 nitrogen and oxygen atoms in total. The standard InChI is InChI=1S/C14H12F3N3O2.C12H12ClN3/c15-14(16,17)13(22)20-3-1-8-5-10-11(6-9(8)2-4-20)19-12(21)7-18-10;13-12-7-15-10-5-8-1-3-14-4-2-9(8)6-11(10)16-12/h5-7H,1-4H2,(H,19,21);5-7,14H,1-4H2. The maximum absolute atomic E-state index is 12.5. The van der Waals surface area contributed by atoms with Crippen LogP contribution in [0.4, 0.5) is 13.2 Å². The van der Waals surface area contributed by atoms with Crippen LogP contribution in [0.2, 0.25) is 5.15 Å². The van der Waals surface area contributed by atoms with E-state index in [2.05, 4.69) is 37.4 Å². The van der Waals surface area contributed by atoms with Crippen LogP contribution >= 0.6 is 11.6 Å². The fraction of sp³-hybridized carbons (Fsp3) is 0.346. The molecule has 2 aromatic heterocycles. The summed E-state index contributed by atoms with van der Waals surface area (Å²) in [6.45, 7) is 2.09. The van der Waals surface area contributed by atoms with Crippen molar-refractivity contribution in [1.29, 1.82) is 0 Å². The largest absolute Gasteiger partial charge is 0.471 e. The quantitative estimate of drug-likeness (QED) is 0.352. The smallest absolute Gasteiger partial charge is 0.334 e. The van der Waals surface area contributed by atoms with Crippen molar-refractivity contribution < 1.29 is 18.0 Å². The number of H-pyrrole nitrogens is 1. The first kappa shape index (κ1) is 26.1. The Balaban J connectivity index is 0.000000162. The number of hydrogen-bond donors (Lipinski definition) is 2. The summed E-state index contributed by atoms with van der Waals surface area (Å²) in [5.74, 6) is -1.81. The lowest BCUT2D eigenvalue weighted by molar-refractivity contribution is -0.185. The van der Waals surface area contributed by atoms with Crippen molar-refractivity contribution in [2.24, 2.45) is 0 Å². The van der Waals surface area contributed by atoms with E-state index in [0.29, 0.717) is 29.0 Å². The van der Waals surface area contributed by atoms with Crippen LogP contribution in [0, 0.1) is 0 Å². The number of benzene rings is 2. The Labute approximate surface area is 220 Å². The van der Waals surface area contributed by atoms with Gasteiger partial charge < -0.3 is 15.2 Å². The molecule has 0 saturated heterocycles. The van der Waals surface area contributed by atoms with Gasteiger partial charge in [0.15, 0.2) is 0 Å². The first-order valence-corrected chi connectivity index (χ1v) is 12.6. The molecule has 0 saturated carbocycles. The number of halogens is 4. The second kappa shape index (κ2) is 10.7. The second-order valence-corrected chi connectivity index (χ2v) is 9.62. The van der Waals surface area contributed by atoms with E-state index in [4.69, 9.17) is 11.6 Å². The summed E-state index contributed by atoms with van der Waals surface area (Å²) in [4.78, 5) is 38.7. The Hall–Kier alpha value is -3.57. The average molecular weight is 545 g/mol. The summed E-state index contributed by atoms with van der Waals surface area (Å²) in [5, 5.41) is 3.85. The zero-order chi connectivity index (χ0) is 26.9. The van der Waals surface area contributed by atoms with Gasteiger partial charge in [0.05, 0.1) is 34.5 Å². The molecule has 2 aliphatic heterocycles. The topological polar surface area (TPSA) is 104 Å². The molecule has 0 aliphatic carbocycles. The highest BCUT2D eigenvalue weighted by molar-refractivity contribution is 6.29. The van der Waals surface area contributed by atoms with Crippen LogP contribution in [0.5, 0.6) is 0 Å². The molecule has 2 N–H and O–H groups in total. The predicted octanol–water partition coefficient (Wildman–Crippen LogP) is 3.38. The van der Waals surface area contributed by atoms with Crippen molar-refractivity contribution in [3.8, 4) is 0 Å². The first-order valence-electron chi connectivity index (χ1n) is 12.2. The van der Waals surface area contributed by atoms with Crippen LogP contribution < -0.4 is 10.9 Å². The Morgan fingerprint density at radius 2 is 1.42 bits per heavy atom. The second-order valence-electron chi connectivity index (χ2n) is 9.23. The van der Waals surface area contributed by atoms with Crippen LogP contribution in [-0.2, 0) is 30.5 Å². The minimum absolute atomic E-state index is 0.00133. The van der Waals surface area contributed by atoms with Gasteiger partial charge in [-0.2, -0.15) is 13.2 Å². The van der Waals surface area contributed by atoms with Gasteiger partial charge >= 0.3 is 12.1 Å². The Kier molecular flexibility index (Phi) is 7.31. The highest BCUT2D eigenvalue weighted by Gasteiger charge is 2.42. The predicted molar refractivity (Wildman–Crippen MR) is 137 cm³/mol. The maximum Gasteiger partial charge on any atom is 0.471 e. The van der Waals surface area contributed by atoms with Crippen molar-refractivity contribution in [3.05, 3.63) is 74.4 Å². The zero-order valence-electron chi connectivity index (χ0n) is 20.2. The number of fused-ring (bicyclic) bond motifs is 4. The monoisotopic (exact) mass is 544 g/mol. The first-order chi connectivity index (χ1) is 18.2. The molecule has 6 rings (SSSR count). The molecule has 0 atom stereocenters. The van der Waals surface area contributed by atoms with E-state index in [0.717, 1.165) is 59.2 Å². The van der Waals surface area contributed by atoms with E-state index >= 15 is 0 Å². The fourth-order valence-electron chi connectivity index (χ4n) is 4.81. The molecule has 198 valence electrons. The third-order valence-corrected chi connectivity index (χ3v) is 6.89. The minimum Gasteiger partial charge on any atom is -0.334 e. The van der Waals surface area contributed by atoms with Crippen molar-refractivity contribution >= 4 is 39.6 Å². The highest BCUT2D eigenvalue weighted by atomic mass is 35.5. The lowest BCUT2D eigenvalue weighted by Crippen LogP contribution is -2.42. The van der Waals surface area contributed by atoms with Gasteiger partial charge in [0.25, 0.3) is 5.56 Å². The Morgan fingerprint density at radius 3 is 2.11 bits per heavy atom. The number of aromatic nitrogens is 4. The molecule has 0 unspecified atom stereocenters. The molecule has 2 aliphatic rings. The molecule has 0 bridgehead atoms. The van der Waals surface area contributed by atoms with Gasteiger partial charge in [-0.05, 0) is 85.3 Å². The molecular weight excluding hydrogens is 521 g/mol. The summed E-state index contributed by atoms with van der Waals surface area (Å²) in [7, 11) is 0. The molecule has 1 amide bonds. The van der Waals surface area contributed by atoms with Crippen molar-refractivity contribution in [2.75, 3.05) is 26.2 Å². The molecule has 0 spiro atoms. The average Bonchev–Trinajstić information content (AvgIpc) is 3.23. The summed E-state index contributed by atoms with van der Waals surface area (Å²) < 4.78 is 37.6. The van der Waals surface area contributed by atoms with Crippen LogP contribution in [0.25, 0.3) is 22.1 Å². The third kappa shape index (κ3) is 5.78. The Morgan fingerprint density at radius 1 is 0.842 bits per heavy atom. The van der Waals surface area contributed by atoms with E-state index in [1.165, 1.54) is 11.1 Å². The van der Waals surface area contributed by atoms with Gasteiger partial charge in [-0.3, -0.25) is 14.6 Å².